The molecule has 10 heteroatoms. The van der Waals surface area contributed by atoms with Crippen molar-refractivity contribution in [1.29, 1.82) is 0 Å². The van der Waals surface area contributed by atoms with E-state index in [9.17, 15) is 8.42 Å². The van der Waals surface area contributed by atoms with E-state index in [1.165, 1.54) is 6.26 Å². The monoisotopic (exact) mass is 443 g/mol. The van der Waals surface area contributed by atoms with Gasteiger partial charge in [-0.1, -0.05) is 0 Å². The minimum Gasteiger partial charge on any atom is -0.486 e. The molecule has 0 saturated carbocycles. The molecule has 164 valence electrons. The third-order valence-corrected chi connectivity index (χ3v) is 8.30. The summed E-state index contributed by atoms with van der Waals surface area (Å²) in [6.45, 7) is 6.88. The number of fused-ring (bicyclic) bond motifs is 4. The van der Waals surface area contributed by atoms with Crippen LogP contribution in [0.5, 0.6) is 5.75 Å². The predicted octanol–water partition coefficient (Wildman–Crippen LogP) is 2.29. The molecule has 3 aromatic rings. The van der Waals surface area contributed by atoms with E-state index in [1.54, 1.807) is 20.0 Å². The number of pyridine rings is 1. The number of ether oxygens (including phenoxy) is 2. The summed E-state index contributed by atoms with van der Waals surface area (Å²) in [5.41, 5.74) is 1.87. The Labute approximate surface area is 180 Å². The van der Waals surface area contributed by atoms with E-state index < -0.39 is 14.6 Å². The standard InChI is InChI=1S/C21H25N5O4S/c1-12-9-29-10-13-11-30-16-17(21(2,3)31(4,27)28)24-19(25-20(16)26(12)13)15-6-8-23-18-14(15)5-7-22-18/h5-8,12-13H,9-11H2,1-4H3,(H,22,23)/t12?,13-/m0/s1. The molecule has 0 spiro atoms. The normalized spacial score (nSPS) is 21.5. The van der Waals surface area contributed by atoms with Crippen LogP contribution in [0.4, 0.5) is 5.82 Å². The molecular weight excluding hydrogens is 418 g/mol. The molecule has 2 aliphatic heterocycles. The average molecular weight is 444 g/mol. The molecule has 5 heterocycles. The SMILES string of the molecule is CC1COC[C@H]2COc3c(nc(-c4ccnc5[nH]ccc45)nc3C(C)(C)S(C)(=O)=O)N12. The van der Waals surface area contributed by atoms with Gasteiger partial charge in [-0.05, 0) is 32.9 Å². The Morgan fingerprint density at radius 2 is 2.00 bits per heavy atom. The molecule has 0 amide bonds. The van der Waals surface area contributed by atoms with E-state index in [1.807, 2.05) is 18.3 Å². The first-order valence-corrected chi connectivity index (χ1v) is 12.1. The number of aromatic amines is 1. The molecule has 2 aliphatic rings. The minimum atomic E-state index is -3.49. The summed E-state index contributed by atoms with van der Waals surface area (Å²) in [5.74, 6) is 1.49. The first-order valence-electron chi connectivity index (χ1n) is 10.2. The number of nitrogens with zero attached hydrogens (tertiary/aromatic N) is 4. The number of hydrogen-bond acceptors (Lipinski definition) is 8. The fraction of sp³-hybridized carbons (Fsp3) is 0.476. The Morgan fingerprint density at radius 3 is 2.77 bits per heavy atom. The summed E-state index contributed by atoms with van der Waals surface area (Å²) in [6, 6.07) is 3.85. The lowest BCUT2D eigenvalue weighted by Crippen LogP contribution is -2.56. The maximum absolute atomic E-state index is 12.7. The Kier molecular flexibility index (Phi) is 4.49. The largest absolute Gasteiger partial charge is 0.486 e. The van der Waals surface area contributed by atoms with E-state index in [4.69, 9.17) is 19.4 Å². The third kappa shape index (κ3) is 3.08. The van der Waals surface area contributed by atoms with Gasteiger partial charge in [-0.25, -0.2) is 23.4 Å². The fourth-order valence-corrected chi connectivity index (χ4v) is 4.68. The van der Waals surface area contributed by atoms with E-state index in [0.717, 1.165) is 16.6 Å². The number of hydrogen-bond donors (Lipinski definition) is 1. The molecule has 1 saturated heterocycles. The molecule has 0 aliphatic carbocycles. The first kappa shape index (κ1) is 20.2. The molecule has 0 bridgehead atoms. The summed E-state index contributed by atoms with van der Waals surface area (Å²) in [4.78, 5) is 19.3. The summed E-state index contributed by atoms with van der Waals surface area (Å²) in [5, 5.41) is 0.869. The van der Waals surface area contributed by atoms with Crippen LogP contribution < -0.4 is 9.64 Å². The highest BCUT2D eigenvalue weighted by molar-refractivity contribution is 7.91. The Hall–Kier alpha value is -2.72. The smallest absolute Gasteiger partial charge is 0.185 e. The zero-order valence-electron chi connectivity index (χ0n) is 17.9. The lowest BCUT2D eigenvalue weighted by molar-refractivity contribution is 0.0482. The van der Waals surface area contributed by atoms with Gasteiger partial charge in [0.25, 0.3) is 0 Å². The van der Waals surface area contributed by atoms with E-state index >= 15 is 0 Å². The molecule has 1 N–H and O–H groups in total. The molecule has 9 nitrogen and oxygen atoms in total. The number of anilines is 1. The first-order chi connectivity index (χ1) is 14.7. The van der Waals surface area contributed by atoms with E-state index in [-0.39, 0.29) is 12.1 Å². The third-order valence-electron chi connectivity index (χ3n) is 6.25. The summed E-state index contributed by atoms with van der Waals surface area (Å²) < 4.78 is 36.0. The zero-order chi connectivity index (χ0) is 22.0. The lowest BCUT2D eigenvalue weighted by atomic mass is 10.0. The maximum Gasteiger partial charge on any atom is 0.185 e. The van der Waals surface area contributed by atoms with Crippen LogP contribution in [-0.2, 0) is 19.3 Å². The Bertz CT molecular complexity index is 1270. The molecule has 0 aromatic carbocycles. The highest BCUT2D eigenvalue weighted by Crippen LogP contribution is 2.44. The van der Waals surface area contributed by atoms with Crippen molar-refractivity contribution in [2.24, 2.45) is 0 Å². The summed E-state index contributed by atoms with van der Waals surface area (Å²) in [6.07, 6.45) is 4.72. The van der Waals surface area contributed by atoms with Crippen LogP contribution in [0.25, 0.3) is 22.4 Å². The second kappa shape index (κ2) is 6.89. The van der Waals surface area contributed by atoms with Gasteiger partial charge < -0.3 is 19.4 Å². The highest BCUT2D eigenvalue weighted by atomic mass is 32.2. The average Bonchev–Trinajstić information content (AvgIpc) is 3.21. The lowest BCUT2D eigenvalue weighted by Gasteiger charge is -2.45. The second-order valence-electron chi connectivity index (χ2n) is 8.69. The molecule has 1 unspecified atom stereocenters. The van der Waals surface area contributed by atoms with Crippen molar-refractivity contribution >= 4 is 26.7 Å². The molecule has 3 aromatic heterocycles. The molecule has 5 rings (SSSR count). The number of morpholine rings is 1. The van der Waals surface area contributed by atoms with Gasteiger partial charge in [0.2, 0.25) is 0 Å². The van der Waals surface area contributed by atoms with E-state index in [0.29, 0.717) is 42.9 Å². The van der Waals surface area contributed by atoms with Crippen LogP contribution >= 0.6 is 0 Å². The van der Waals surface area contributed by atoms with Gasteiger partial charge in [0.15, 0.2) is 27.2 Å². The predicted molar refractivity (Wildman–Crippen MR) is 117 cm³/mol. The quantitative estimate of drug-likeness (QED) is 0.657. The molecule has 1 fully saturated rings. The molecule has 2 atom stereocenters. The highest BCUT2D eigenvalue weighted by Gasteiger charge is 2.43. The summed E-state index contributed by atoms with van der Waals surface area (Å²) in [7, 11) is -3.49. The molecule has 0 radical (unpaired) electrons. The maximum atomic E-state index is 12.7. The van der Waals surface area contributed by atoms with Crippen LogP contribution in [0, 0.1) is 0 Å². The summed E-state index contributed by atoms with van der Waals surface area (Å²) >= 11 is 0. The van der Waals surface area contributed by atoms with Gasteiger partial charge in [0.05, 0.1) is 25.3 Å². The van der Waals surface area contributed by atoms with Crippen molar-refractivity contribution in [1.82, 2.24) is 19.9 Å². The van der Waals surface area contributed by atoms with Gasteiger partial charge in [0.1, 0.15) is 22.7 Å². The van der Waals surface area contributed by atoms with Crippen molar-refractivity contribution in [2.75, 3.05) is 31.0 Å². The topological polar surface area (TPSA) is 110 Å². The van der Waals surface area contributed by atoms with Crippen LogP contribution in [0.15, 0.2) is 24.5 Å². The number of sulfone groups is 1. The van der Waals surface area contributed by atoms with Gasteiger partial charge in [-0.15, -0.1) is 0 Å². The minimum absolute atomic E-state index is 0.0120. The van der Waals surface area contributed by atoms with Gasteiger partial charge in [-0.2, -0.15) is 0 Å². The van der Waals surface area contributed by atoms with Crippen molar-refractivity contribution in [3.63, 3.8) is 0 Å². The Morgan fingerprint density at radius 1 is 1.19 bits per heavy atom. The van der Waals surface area contributed by atoms with Gasteiger partial charge in [-0.3, -0.25) is 0 Å². The van der Waals surface area contributed by atoms with Gasteiger partial charge in [0, 0.05) is 29.6 Å². The van der Waals surface area contributed by atoms with Crippen LogP contribution in [-0.4, -0.2) is 66.5 Å². The second-order valence-corrected chi connectivity index (χ2v) is 11.3. The van der Waals surface area contributed by atoms with Crippen molar-refractivity contribution < 1.29 is 17.9 Å². The van der Waals surface area contributed by atoms with Gasteiger partial charge >= 0.3 is 0 Å². The van der Waals surface area contributed by atoms with Crippen molar-refractivity contribution in [2.45, 2.75) is 37.6 Å². The fourth-order valence-electron chi connectivity index (χ4n) is 4.19. The van der Waals surface area contributed by atoms with Crippen molar-refractivity contribution in [3.8, 4) is 17.1 Å². The van der Waals surface area contributed by atoms with Crippen LogP contribution in [0.2, 0.25) is 0 Å². The van der Waals surface area contributed by atoms with Crippen LogP contribution in [0.3, 0.4) is 0 Å². The molecular formula is C21H25N5O4S. The number of rotatable bonds is 3. The van der Waals surface area contributed by atoms with Crippen LogP contribution in [0.1, 0.15) is 26.5 Å². The number of H-pyrrole nitrogens is 1. The van der Waals surface area contributed by atoms with E-state index in [2.05, 4.69) is 21.8 Å². The number of nitrogens with one attached hydrogen (secondary N) is 1. The van der Waals surface area contributed by atoms with Crippen molar-refractivity contribution in [3.05, 3.63) is 30.2 Å². The number of aromatic nitrogens is 4. The Balaban J connectivity index is 1.81. The molecule has 31 heavy (non-hydrogen) atoms. The zero-order valence-corrected chi connectivity index (χ0v) is 18.7.